The predicted octanol–water partition coefficient (Wildman–Crippen LogP) is 3.11. The molecule has 3 atom stereocenters. The molecule has 2 aliphatic rings. The van der Waals surface area contributed by atoms with E-state index in [1.54, 1.807) is 22.8 Å². The van der Waals surface area contributed by atoms with E-state index >= 15 is 0 Å². The number of nitrogens with zero attached hydrogens (tertiary/aromatic N) is 1. The number of thiazole rings is 1. The van der Waals surface area contributed by atoms with Crippen molar-refractivity contribution in [3.8, 4) is 0 Å². The third-order valence-electron chi connectivity index (χ3n) is 5.46. The Morgan fingerprint density at radius 3 is 2.67 bits per heavy atom. The lowest BCUT2D eigenvalue weighted by Crippen LogP contribution is -2.38. The first-order valence-electron chi connectivity index (χ1n) is 8.52. The molecular weight excluding hydrogens is 344 g/mol. The van der Waals surface area contributed by atoms with E-state index in [-0.39, 0.29) is 21.9 Å². The van der Waals surface area contributed by atoms with Crippen LogP contribution in [0.1, 0.15) is 45.6 Å². The van der Waals surface area contributed by atoms with E-state index in [0.717, 1.165) is 40.8 Å². The zero-order valence-corrected chi connectivity index (χ0v) is 15.5. The highest BCUT2D eigenvalue weighted by molar-refractivity contribution is 7.89. The van der Waals surface area contributed by atoms with Gasteiger partial charge in [0.1, 0.15) is 0 Å². The Morgan fingerprint density at radius 1 is 1.25 bits per heavy atom. The molecule has 2 fully saturated rings. The second kappa shape index (κ2) is 5.68. The van der Waals surface area contributed by atoms with Gasteiger partial charge >= 0.3 is 4.87 Å². The highest BCUT2D eigenvalue weighted by Gasteiger charge is 2.41. The van der Waals surface area contributed by atoms with Gasteiger partial charge in [-0.2, -0.15) is 0 Å². The number of rotatable bonds is 4. The predicted molar refractivity (Wildman–Crippen MR) is 96.0 cm³/mol. The van der Waals surface area contributed by atoms with E-state index < -0.39 is 10.0 Å². The van der Waals surface area contributed by atoms with Gasteiger partial charge in [0.2, 0.25) is 10.0 Å². The van der Waals surface area contributed by atoms with Gasteiger partial charge in [0.25, 0.3) is 0 Å². The average Bonchev–Trinajstić information content (AvgIpc) is 3.18. The summed E-state index contributed by atoms with van der Waals surface area (Å²) >= 11 is 1.11. The average molecular weight is 367 g/mol. The summed E-state index contributed by atoms with van der Waals surface area (Å²) in [5, 5.41) is 0. The highest BCUT2D eigenvalue weighted by Crippen LogP contribution is 2.44. The molecule has 24 heavy (non-hydrogen) atoms. The third kappa shape index (κ3) is 2.62. The van der Waals surface area contributed by atoms with Gasteiger partial charge in [-0.05, 0) is 63.1 Å². The van der Waals surface area contributed by atoms with Gasteiger partial charge in [0, 0.05) is 12.1 Å². The number of hydrogen-bond donors (Lipinski definition) is 1. The minimum Gasteiger partial charge on any atom is -0.296 e. The first-order valence-corrected chi connectivity index (χ1v) is 10.8. The maximum absolute atomic E-state index is 12.7. The van der Waals surface area contributed by atoms with Crippen LogP contribution in [0.25, 0.3) is 10.2 Å². The van der Waals surface area contributed by atoms with Crippen LogP contribution in [0.15, 0.2) is 27.9 Å². The maximum atomic E-state index is 12.7. The van der Waals surface area contributed by atoms with Crippen LogP contribution in [-0.4, -0.2) is 19.0 Å². The van der Waals surface area contributed by atoms with E-state index in [1.165, 1.54) is 6.42 Å². The lowest BCUT2D eigenvalue weighted by molar-refractivity contribution is 0.390. The van der Waals surface area contributed by atoms with Gasteiger partial charge in [0.05, 0.1) is 15.1 Å². The summed E-state index contributed by atoms with van der Waals surface area (Å²) in [6.45, 7) is 3.91. The lowest BCUT2D eigenvalue weighted by Gasteiger charge is -2.22. The topological polar surface area (TPSA) is 68.2 Å². The molecule has 2 aliphatic carbocycles. The number of fused-ring (bicyclic) bond motifs is 3. The second-order valence-corrected chi connectivity index (χ2v) is 10.1. The number of aromatic nitrogens is 1. The molecule has 0 unspecified atom stereocenters. The molecule has 7 heteroatoms. The van der Waals surface area contributed by atoms with Gasteiger partial charge in [-0.1, -0.05) is 17.8 Å². The second-order valence-electron chi connectivity index (χ2n) is 7.36. The van der Waals surface area contributed by atoms with E-state index in [4.69, 9.17) is 0 Å². The van der Waals surface area contributed by atoms with Crippen LogP contribution in [0.3, 0.4) is 0 Å². The zero-order chi connectivity index (χ0) is 17.1. The molecule has 1 aromatic carbocycles. The minimum absolute atomic E-state index is 0.0457. The smallest absolute Gasteiger partial charge is 0.296 e. The van der Waals surface area contributed by atoms with Crippen LogP contribution < -0.4 is 9.60 Å². The third-order valence-corrected chi connectivity index (χ3v) is 7.86. The van der Waals surface area contributed by atoms with Gasteiger partial charge in [-0.25, -0.2) is 13.1 Å². The molecule has 0 saturated heterocycles. The van der Waals surface area contributed by atoms with Crippen LogP contribution in [0.4, 0.5) is 0 Å². The lowest BCUT2D eigenvalue weighted by atomic mass is 9.96. The summed E-state index contributed by atoms with van der Waals surface area (Å²) in [5.41, 5.74) is 0.805. The number of nitrogens with one attached hydrogen (secondary N) is 1. The van der Waals surface area contributed by atoms with Crippen molar-refractivity contribution in [1.29, 1.82) is 0 Å². The van der Waals surface area contributed by atoms with Crippen molar-refractivity contribution in [2.24, 2.45) is 11.8 Å². The van der Waals surface area contributed by atoms with Gasteiger partial charge in [0.15, 0.2) is 0 Å². The molecule has 0 amide bonds. The van der Waals surface area contributed by atoms with Gasteiger partial charge < -0.3 is 0 Å². The molecule has 5 nitrogen and oxygen atoms in total. The molecule has 0 spiro atoms. The number of sulfonamides is 1. The first kappa shape index (κ1) is 16.3. The van der Waals surface area contributed by atoms with E-state index in [9.17, 15) is 13.2 Å². The number of benzene rings is 1. The molecule has 130 valence electrons. The maximum Gasteiger partial charge on any atom is 0.308 e. The summed E-state index contributed by atoms with van der Waals surface area (Å²) < 4.78 is 30.8. The fourth-order valence-electron chi connectivity index (χ4n) is 4.33. The molecule has 1 aromatic heterocycles. The van der Waals surface area contributed by atoms with Crippen molar-refractivity contribution < 1.29 is 8.42 Å². The summed E-state index contributed by atoms with van der Waals surface area (Å²) in [5.74, 6) is 1.18. The Morgan fingerprint density at radius 2 is 2.04 bits per heavy atom. The Bertz CT molecular complexity index is 942. The van der Waals surface area contributed by atoms with Crippen LogP contribution in [-0.2, 0) is 10.0 Å². The Hall–Kier alpha value is -1.18. The van der Waals surface area contributed by atoms with E-state index in [2.05, 4.69) is 4.72 Å². The molecule has 1 N–H and O–H groups in total. The quantitative estimate of drug-likeness (QED) is 0.904. The Balaban J connectivity index is 1.67. The summed E-state index contributed by atoms with van der Waals surface area (Å²) in [7, 11) is -3.54. The summed E-state index contributed by atoms with van der Waals surface area (Å²) in [4.78, 5) is 12.3. The molecule has 2 saturated carbocycles. The SMILES string of the molecule is CC(C)n1c(=O)sc2cc(S(=O)(=O)N[C@@H]3C[C@@H]4CC[C@@H]3C4)ccc21. The van der Waals surface area contributed by atoms with Crippen molar-refractivity contribution in [3.63, 3.8) is 0 Å². The molecule has 0 radical (unpaired) electrons. The van der Waals surface area contributed by atoms with Crippen LogP contribution in [0.5, 0.6) is 0 Å². The van der Waals surface area contributed by atoms with Crippen molar-refractivity contribution in [2.45, 2.75) is 56.5 Å². The van der Waals surface area contributed by atoms with Crippen molar-refractivity contribution >= 4 is 31.6 Å². The van der Waals surface area contributed by atoms with Crippen molar-refractivity contribution in [1.82, 2.24) is 9.29 Å². The van der Waals surface area contributed by atoms with Gasteiger partial charge in [-0.3, -0.25) is 9.36 Å². The van der Waals surface area contributed by atoms with Crippen molar-refractivity contribution in [2.75, 3.05) is 0 Å². The van der Waals surface area contributed by atoms with Crippen molar-refractivity contribution in [3.05, 3.63) is 27.9 Å². The Kier molecular flexibility index (Phi) is 3.85. The minimum atomic E-state index is -3.54. The van der Waals surface area contributed by atoms with E-state index in [1.807, 2.05) is 13.8 Å². The largest absolute Gasteiger partial charge is 0.308 e. The summed E-state index contributed by atoms with van der Waals surface area (Å²) in [6.07, 6.45) is 4.50. The highest BCUT2D eigenvalue weighted by atomic mass is 32.2. The molecule has 0 aliphatic heterocycles. The standard InChI is InChI=1S/C17H22N2O3S2/c1-10(2)19-15-6-5-13(9-16(15)23-17(19)20)24(21,22)18-14-8-11-3-4-12(14)7-11/h5-6,9-12,14,18H,3-4,7-8H2,1-2H3/t11-,12-,14-/m1/s1. The molecular formula is C17H22N2O3S2. The first-order chi connectivity index (χ1) is 11.3. The van der Waals surface area contributed by atoms with Crippen LogP contribution >= 0.6 is 11.3 Å². The molecule has 2 bridgehead atoms. The fraction of sp³-hybridized carbons (Fsp3) is 0.588. The van der Waals surface area contributed by atoms with E-state index in [0.29, 0.717) is 11.8 Å². The molecule has 1 heterocycles. The zero-order valence-electron chi connectivity index (χ0n) is 13.9. The fourth-order valence-corrected chi connectivity index (χ4v) is 6.80. The molecule has 2 aromatic rings. The monoisotopic (exact) mass is 366 g/mol. The van der Waals surface area contributed by atoms with Crippen LogP contribution in [0, 0.1) is 11.8 Å². The Labute approximate surface area is 145 Å². The summed E-state index contributed by atoms with van der Waals surface area (Å²) in [6, 6.07) is 5.13. The van der Waals surface area contributed by atoms with Crippen LogP contribution in [0.2, 0.25) is 0 Å². The molecule has 4 rings (SSSR count). The number of hydrogen-bond acceptors (Lipinski definition) is 4. The van der Waals surface area contributed by atoms with Gasteiger partial charge in [-0.15, -0.1) is 0 Å². The normalized spacial score (nSPS) is 26.7.